The fraction of sp³-hybridized carbons (Fsp3) is 0.429. The summed E-state index contributed by atoms with van der Waals surface area (Å²) in [5.41, 5.74) is 2.52. The lowest BCUT2D eigenvalue weighted by Crippen LogP contribution is -2.40. The van der Waals surface area contributed by atoms with Crippen LogP contribution in [0.1, 0.15) is 27.9 Å². The first-order valence-electron chi connectivity index (χ1n) is 6.19. The van der Waals surface area contributed by atoms with Gasteiger partial charge in [0.2, 0.25) is 0 Å². The fourth-order valence-corrected chi connectivity index (χ4v) is 2.31. The van der Waals surface area contributed by atoms with Crippen molar-refractivity contribution in [2.45, 2.75) is 32.4 Å². The molecule has 5 nitrogen and oxygen atoms in total. The number of carbonyl (C=O) groups is 2. The van der Waals surface area contributed by atoms with Gasteiger partial charge in [-0.1, -0.05) is 6.07 Å². The molecule has 1 aliphatic rings. The summed E-state index contributed by atoms with van der Waals surface area (Å²) >= 11 is 0. The number of benzene rings is 1. The maximum atomic E-state index is 12.3. The Morgan fingerprint density at radius 1 is 1.26 bits per heavy atom. The average molecular weight is 263 g/mol. The Kier molecular flexibility index (Phi) is 3.57. The first-order valence-corrected chi connectivity index (χ1v) is 6.19. The second-order valence-corrected chi connectivity index (χ2v) is 5.00. The van der Waals surface area contributed by atoms with Crippen LogP contribution in [0.15, 0.2) is 18.2 Å². The van der Waals surface area contributed by atoms with Gasteiger partial charge in [-0.25, -0.2) is 4.79 Å². The zero-order valence-electron chi connectivity index (χ0n) is 11.0. The van der Waals surface area contributed by atoms with Gasteiger partial charge in [-0.3, -0.25) is 4.79 Å². The summed E-state index contributed by atoms with van der Waals surface area (Å²) in [6.45, 7) is 3.92. The molecule has 1 fully saturated rings. The van der Waals surface area contributed by atoms with Crippen LogP contribution in [0.5, 0.6) is 0 Å². The number of aliphatic hydroxyl groups excluding tert-OH is 1. The van der Waals surface area contributed by atoms with Crippen LogP contribution in [-0.4, -0.2) is 45.7 Å². The first kappa shape index (κ1) is 13.5. The van der Waals surface area contributed by atoms with Crippen molar-refractivity contribution in [1.82, 2.24) is 4.90 Å². The van der Waals surface area contributed by atoms with Crippen molar-refractivity contribution in [2.75, 3.05) is 6.54 Å². The molecule has 1 aliphatic heterocycles. The van der Waals surface area contributed by atoms with Crippen LogP contribution in [0.25, 0.3) is 0 Å². The van der Waals surface area contributed by atoms with Gasteiger partial charge < -0.3 is 15.1 Å². The molecule has 102 valence electrons. The summed E-state index contributed by atoms with van der Waals surface area (Å²) in [7, 11) is 0. The second kappa shape index (κ2) is 5.01. The van der Waals surface area contributed by atoms with E-state index in [-0.39, 0.29) is 18.9 Å². The third-order valence-electron chi connectivity index (χ3n) is 3.58. The van der Waals surface area contributed by atoms with Crippen molar-refractivity contribution in [2.24, 2.45) is 0 Å². The zero-order valence-corrected chi connectivity index (χ0v) is 11.0. The summed E-state index contributed by atoms with van der Waals surface area (Å²) in [5, 5.41) is 18.6. The number of likely N-dealkylation sites (tertiary alicyclic amines) is 1. The molecule has 1 aromatic rings. The lowest BCUT2D eigenvalue weighted by molar-refractivity contribution is -0.141. The summed E-state index contributed by atoms with van der Waals surface area (Å²) in [4.78, 5) is 24.7. The van der Waals surface area contributed by atoms with Crippen LogP contribution in [-0.2, 0) is 4.79 Å². The summed E-state index contributed by atoms with van der Waals surface area (Å²) in [5.74, 6) is -1.42. The van der Waals surface area contributed by atoms with E-state index in [0.29, 0.717) is 5.56 Å². The molecule has 2 rings (SSSR count). The number of carbonyl (C=O) groups excluding carboxylic acids is 1. The number of hydrogen-bond acceptors (Lipinski definition) is 3. The monoisotopic (exact) mass is 263 g/mol. The second-order valence-electron chi connectivity index (χ2n) is 5.00. The van der Waals surface area contributed by atoms with Crippen molar-refractivity contribution in [1.29, 1.82) is 0 Å². The highest BCUT2D eigenvalue weighted by molar-refractivity contribution is 5.97. The van der Waals surface area contributed by atoms with Gasteiger partial charge in [0.25, 0.3) is 5.91 Å². The number of carboxylic acid groups (broad SMARTS) is 1. The SMILES string of the molecule is Cc1ccc(C(=O)N2CC(O)C[C@H]2C(=O)O)cc1C. The van der Waals surface area contributed by atoms with Crippen LogP contribution in [0.2, 0.25) is 0 Å². The van der Waals surface area contributed by atoms with E-state index in [4.69, 9.17) is 5.11 Å². The van der Waals surface area contributed by atoms with E-state index in [0.717, 1.165) is 11.1 Å². The van der Waals surface area contributed by atoms with Crippen molar-refractivity contribution in [3.8, 4) is 0 Å². The molecule has 0 aliphatic carbocycles. The molecule has 0 spiro atoms. The number of β-amino-alcohol motifs (C(OH)–C–C–N with tert-alkyl or cyclic N) is 1. The number of aliphatic hydroxyl groups is 1. The van der Waals surface area contributed by atoms with E-state index in [1.165, 1.54) is 4.90 Å². The highest BCUT2D eigenvalue weighted by Crippen LogP contribution is 2.22. The van der Waals surface area contributed by atoms with Crippen molar-refractivity contribution < 1.29 is 19.8 Å². The minimum Gasteiger partial charge on any atom is -0.480 e. The topological polar surface area (TPSA) is 77.8 Å². The molecular formula is C14H17NO4. The molecule has 19 heavy (non-hydrogen) atoms. The molecule has 0 bridgehead atoms. The highest BCUT2D eigenvalue weighted by atomic mass is 16.4. The smallest absolute Gasteiger partial charge is 0.326 e. The molecule has 1 saturated heterocycles. The molecule has 5 heteroatoms. The molecule has 1 aromatic carbocycles. The average Bonchev–Trinajstić information content (AvgIpc) is 2.74. The summed E-state index contributed by atoms with van der Waals surface area (Å²) in [6.07, 6.45) is -0.678. The summed E-state index contributed by atoms with van der Waals surface area (Å²) in [6, 6.07) is 4.34. The molecule has 0 aromatic heterocycles. The molecule has 2 N–H and O–H groups in total. The standard InChI is InChI=1S/C14H17NO4/c1-8-3-4-10(5-9(8)2)13(17)15-7-11(16)6-12(15)14(18)19/h3-5,11-12,16H,6-7H2,1-2H3,(H,18,19)/t11?,12-/m0/s1. The molecule has 0 saturated carbocycles. The lowest BCUT2D eigenvalue weighted by Gasteiger charge is -2.21. The van der Waals surface area contributed by atoms with Crippen molar-refractivity contribution in [3.05, 3.63) is 34.9 Å². The number of carboxylic acids is 1. The Hall–Kier alpha value is -1.88. The van der Waals surface area contributed by atoms with E-state index in [2.05, 4.69) is 0 Å². The minimum atomic E-state index is -1.08. The van der Waals surface area contributed by atoms with Gasteiger partial charge in [0.05, 0.1) is 6.10 Å². The molecule has 1 amide bonds. The Morgan fingerprint density at radius 2 is 1.95 bits per heavy atom. The van der Waals surface area contributed by atoms with Crippen LogP contribution >= 0.6 is 0 Å². The molecule has 2 atom stereocenters. The van der Waals surface area contributed by atoms with Gasteiger partial charge in [0.15, 0.2) is 0 Å². The van der Waals surface area contributed by atoms with E-state index < -0.39 is 18.1 Å². The number of hydrogen-bond donors (Lipinski definition) is 2. The number of aryl methyl sites for hydroxylation is 2. The van der Waals surface area contributed by atoms with E-state index in [1.807, 2.05) is 19.9 Å². The Bertz CT molecular complexity index is 526. The van der Waals surface area contributed by atoms with Gasteiger partial charge in [-0.2, -0.15) is 0 Å². The normalized spacial score (nSPS) is 22.6. The van der Waals surface area contributed by atoms with Crippen LogP contribution in [0.4, 0.5) is 0 Å². The molecular weight excluding hydrogens is 246 g/mol. The van der Waals surface area contributed by atoms with Gasteiger partial charge >= 0.3 is 5.97 Å². The van der Waals surface area contributed by atoms with Crippen LogP contribution in [0.3, 0.4) is 0 Å². The predicted octanol–water partition coefficient (Wildman–Crippen LogP) is 0.963. The van der Waals surface area contributed by atoms with Gasteiger partial charge in [-0.05, 0) is 37.1 Å². The van der Waals surface area contributed by atoms with Crippen molar-refractivity contribution >= 4 is 11.9 Å². The lowest BCUT2D eigenvalue weighted by atomic mass is 10.1. The fourth-order valence-electron chi connectivity index (χ4n) is 2.31. The largest absolute Gasteiger partial charge is 0.480 e. The maximum absolute atomic E-state index is 12.3. The third kappa shape index (κ3) is 2.61. The van der Waals surface area contributed by atoms with Gasteiger partial charge in [0, 0.05) is 18.5 Å². The molecule has 1 unspecified atom stereocenters. The Labute approximate surface area is 111 Å². The van der Waals surface area contributed by atoms with Crippen LogP contribution < -0.4 is 0 Å². The number of amides is 1. The third-order valence-corrected chi connectivity index (χ3v) is 3.58. The Morgan fingerprint density at radius 3 is 2.53 bits per heavy atom. The maximum Gasteiger partial charge on any atom is 0.326 e. The van der Waals surface area contributed by atoms with Crippen LogP contribution in [0, 0.1) is 13.8 Å². The van der Waals surface area contributed by atoms with Crippen molar-refractivity contribution in [3.63, 3.8) is 0 Å². The quantitative estimate of drug-likeness (QED) is 0.833. The number of nitrogens with zero attached hydrogens (tertiary/aromatic N) is 1. The molecule has 1 heterocycles. The predicted molar refractivity (Wildman–Crippen MR) is 69.0 cm³/mol. The molecule has 0 radical (unpaired) electrons. The van der Waals surface area contributed by atoms with E-state index in [9.17, 15) is 14.7 Å². The summed E-state index contributed by atoms with van der Waals surface area (Å²) < 4.78 is 0. The number of aliphatic carboxylic acids is 1. The Balaban J connectivity index is 2.27. The van der Waals surface area contributed by atoms with Gasteiger partial charge in [-0.15, -0.1) is 0 Å². The first-order chi connectivity index (χ1) is 8.90. The van der Waals surface area contributed by atoms with E-state index >= 15 is 0 Å². The van der Waals surface area contributed by atoms with E-state index in [1.54, 1.807) is 12.1 Å². The zero-order chi connectivity index (χ0) is 14.2. The number of rotatable bonds is 2. The minimum absolute atomic E-state index is 0.0721. The highest BCUT2D eigenvalue weighted by Gasteiger charge is 2.39. The van der Waals surface area contributed by atoms with Gasteiger partial charge in [0.1, 0.15) is 6.04 Å².